The van der Waals surface area contributed by atoms with E-state index in [0.29, 0.717) is 19.0 Å². The van der Waals surface area contributed by atoms with E-state index in [9.17, 15) is 4.79 Å². The van der Waals surface area contributed by atoms with Crippen molar-refractivity contribution in [3.8, 4) is 0 Å². The van der Waals surface area contributed by atoms with Crippen molar-refractivity contribution in [2.75, 3.05) is 33.8 Å². The van der Waals surface area contributed by atoms with Crippen molar-refractivity contribution >= 4 is 17.3 Å². The van der Waals surface area contributed by atoms with Crippen molar-refractivity contribution in [2.24, 2.45) is 0 Å². The number of nitrogens with zero attached hydrogens (tertiary/aromatic N) is 3. The summed E-state index contributed by atoms with van der Waals surface area (Å²) in [4.78, 5) is 21.6. The Labute approximate surface area is 221 Å². The number of nitrogens with one attached hydrogen (secondary N) is 1. The molecule has 2 aromatic carbocycles. The van der Waals surface area contributed by atoms with Gasteiger partial charge in [-0.15, -0.1) is 0 Å². The third-order valence-corrected chi connectivity index (χ3v) is 7.06. The molecule has 1 saturated heterocycles. The first-order valence-electron chi connectivity index (χ1n) is 13.6. The summed E-state index contributed by atoms with van der Waals surface area (Å²) < 4.78 is 8.01. The van der Waals surface area contributed by atoms with Crippen molar-refractivity contribution in [3.63, 3.8) is 0 Å². The smallest absolute Gasteiger partial charge is 0.210 e. The van der Waals surface area contributed by atoms with Crippen LogP contribution in [0.4, 0.5) is 0 Å². The maximum atomic E-state index is 11.8. The molecule has 2 atom stereocenters. The van der Waals surface area contributed by atoms with E-state index in [-0.39, 0.29) is 6.29 Å². The van der Waals surface area contributed by atoms with Crippen LogP contribution in [0.1, 0.15) is 61.4 Å². The number of likely N-dealkylation sites (N-methyl/N-ethyl adjacent to an activating group) is 1. The molecule has 3 aromatic rings. The Hall–Kier alpha value is -2.71. The van der Waals surface area contributed by atoms with Crippen molar-refractivity contribution in [1.82, 2.24) is 19.8 Å². The molecule has 7 nitrogen and oxygen atoms in total. The summed E-state index contributed by atoms with van der Waals surface area (Å²) in [5, 5.41) is 1.31. The highest BCUT2D eigenvalue weighted by molar-refractivity contribution is 5.87. The quantitative estimate of drug-likeness (QED) is 0.331. The van der Waals surface area contributed by atoms with Crippen LogP contribution >= 0.6 is 0 Å². The maximum absolute atomic E-state index is 11.8. The Morgan fingerprint density at radius 2 is 1.84 bits per heavy atom. The normalized spacial score (nSPS) is 19.4. The molecule has 0 aliphatic carbocycles. The number of ether oxygens (including phenoxy) is 1. The number of para-hydroxylation sites is 1. The highest BCUT2D eigenvalue weighted by atomic mass is 16.8. The number of carbonyl (C=O) groups excluding carboxylic acids is 1. The first-order valence-corrected chi connectivity index (χ1v) is 13.6. The number of hydroxylamine groups is 1. The van der Waals surface area contributed by atoms with E-state index in [1.807, 2.05) is 18.7 Å². The van der Waals surface area contributed by atoms with Crippen LogP contribution in [0.3, 0.4) is 0 Å². The zero-order valence-corrected chi connectivity index (χ0v) is 22.8. The molecule has 37 heavy (non-hydrogen) atoms. The van der Waals surface area contributed by atoms with Gasteiger partial charge in [0.25, 0.3) is 0 Å². The van der Waals surface area contributed by atoms with E-state index in [4.69, 9.17) is 9.57 Å². The average molecular weight is 507 g/mol. The molecule has 0 radical (unpaired) electrons. The Bertz CT molecular complexity index is 1140. The second-order valence-corrected chi connectivity index (χ2v) is 10.0. The van der Waals surface area contributed by atoms with E-state index in [1.54, 1.807) is 0 Å². The molecular weight excluding hydrogens is 464 g/mol. The van der Waals surface area contributed by atoms with Gasteiger partial charge in [-0.05, 0) is 49.7 Å². The summed E-state index contributed by atoms with van der Waals surface area (Å²) in [6.07, 6.45) is 4.07. The van der Waals surface area contributed by atoms with Crippen LogP contribution in [-0.2, 0) is 34.0 Å². The van der Waals surface area contributed by atoms with Crippen LogP contribution in [0, 0.1) is 0 Å². The molecule has 2 unspecified atom stereocenters. The molecule has 0 bridgehead atoms. The van der Waals surface area contributed by atoms with Crippen LogP contribution in [0.5, 0.6) is 0 Å². The molecule has 3 heterocycles. The summed E-state index contributed by atoms with van der Waals surface area (Å²) in [6, 6.07) is 17.3. The fourth-order valence-electron chi connectivity index (χ4n) is 5.46. The summed E-state index contributed by atoms with van der Waals surface area (Å²) in [6.45, 7) is 8.53. The van der Waals surface area contributed by atoms with Crippen molar-refractivity contribution < 1.29 is 14.4 Å². The predicted octanol–water partition coefficient (Wildman–Crippen LogP) is 4.88. The molecule has 200 valence electrons. The number of hydrogen-bond donors (Lipinski definition) is 1. The number of carbonyl (C=O) groups is 1. The number of rotatable bonds is 9. The molecule has 0 saturated carbocycles. The van der Waals surface area contributed by atoms with Gasteiger partial charge < -0.3 is 19.1 Å². The number of benzene rings is 2. The Morgan fingerprint density at radius 3 is 2.54 bits per heavy atom. The fourth-order valence-corrected chi connectivity index (χ4v) is 5.46. The van der Waals surface area contributed by atoms with Gasteiger partial charge >= 0.3 is 0 Å². The number of aromatic nitrogens is 1. The van der Waals surface area contributed by atoms with Gasteiger partial charge in [0.1, 0.15) is 0 Å². The molecule has 5 rings (SSSR count). The summed E-state index contributed by atoms with van der Waals surface area (Å²) in [5.41, 5.74) is 9.35. The topological polar surface area (TPSA) is 59.0 Å². The van der Waals surface area contributed by atoms with E-state index in [0.717, 1.165) is 51.9 Å². The molecule has 2 aliphatic heterocycles. The van der Waals surface area contributed by atoms with Crippen LogP contribution in [-0.4, -0.2) is 60.9 Å². The lowest BCUT2D eigenvalue weighted by Crippen LogP contribution is -2.37. The second-order valence-electron chi connectivity index (χ2n) is 10.0. The molecule has 0 spiro atoms. The van der Waals surface area contributed by atoms with Crippen LogP contribution in [0.2, 0.25) is 0 Å². The van der Waals surface area contributed by atoms with Crippen LogP contribution in [0.15, 0.2) is 48.5 Å². The van der Waals surface area contributed by atoms with Crippen LogP contribution in [0.25, 0.3) is 10.9 Å². The maximum Gasteiger partial charge on any atom is 0.210 e. The van der Waals surface area contributed by atoms with Crippen LogP contribution < -0.4 is 5.48 Å². The first kappa shape index (κ1) is 27.3. The third kappa shape index (κ3) is 6.60. The number of amides is 1. The SMILES string of the molecule is CC.CN(C)CC1CN(C=O)Cc2c1c1ccccc1n2Cc1ccc(CNOC2CCCCO2)cc1. The summed E-state index contributed by atoms with van der Waals surface area (Å²) in [7, 11) is 4.20. The molecule has 1 fully saturated rings. The highest BCUT2D eigenvalue weighted by Crippen LogP contribution is 2.37. The minimum Gasteiger partial charge on any atom is -0.351 e. The summed E-state index contributed by atoms with van der Waals surface area (Å²) in [5.74, 6) is 0.298. The molecule has 2 aliphatic rings. The van der Waals surface area contributed by atoms with Gasteiger partial charge in [0.15, 0.2) is 6.29 Å². The first-order chi connectivity index (χ1) is 18.1. The number of hydrogen-bond acceptors (Lipinski definition) is 5. The lowest BCUT2D eigenvalue weighted by Gasteiger charge is -2.33. The van der Waals surface area contributed by atoms with Gasteiger partial charge in [-0.3, -0.25) is 9.63 Å². The second kappa shape index (κ2) is 13.2. The minimum absolute atomic E-state index is 0.140. The lowest BCUT2D eigenvalue weighted by molar-refractivity contribution is -0.198. The minimum atomic E-state index is -0.140. The monoisotopic (exact) mass is 506 g/mol. The van der Waals surface area contributed by atoms with Crippen molar-refractivity contribution in [3.05, 3.63) is 70.9 Å². The van der Waals surface area contributed by atoms with E-state index >= 15 is 0 Å². The van der Waals surface area contributed by atoms with Gasteiger partial charge in [-0.2, -0.15) is 5.48 Å². The zero-order chi connectivity index (χ0) is 26.2. The number of fused-ring (bicyclic) bond motifs is 3. The molecule has 7 heteroatoms. The van der Waals surface area contributed by atoms with E-state index in [2.05, 4.69) is 77.6 Å². The Kier molecular flexibility index (Phi) is 9.75. The van der Waals surface area contributed by atoms with Gasteiger partial charge in [-0.1, -0.05) is 56.3 Å². The van der Waals surface area contributed by atoms with Gasteiger partial charge in [0.2, 0.25) is 6.41 Å². The van der Waals surface area contributed by atoms with E-state index < -0.39 is 0 Å². The largest absolute Gasteiger partial charge is 0.351 e. The molecule has 1 N–H and O–H groups in total. The zero-order valence-electron chi connectivity index (χ0n) is 22.8. The molecule has 1 amide bonds. The molecule has 1 aromatic heterocycles. The fraction of sp³-hybridized carbons (Fsp3) is 0.500. The predicted molar refractivity (Wildman–Crippen MR) is 148 cm³/mol. The standard InChI is InChI=1S/C28H36N4O3.C2H6/c1-30(2)17-23-18-31(20-33)19-26-28(23)24-7-3-4-8-25(24)32(26)16-22-12-10-21(11-13-22)15-29-35-27-9-5-6-14-34-27;1-2/h3-4,7-8,10-13,20,23,27,29H,5-6,9,14-19H2,1-2H3;1-2H3. The summed E-state index contributed by atoms with van der Waals surface area (Å²) >= 11 is 0. The van der Waals surface area contributed by atoms with Gasteiger partial charge in [0, 0.05) is 61.7 Å². The van der Waals surface area contributed by atoms with E-state index in [1.165, 1.54) is 33.3 Å². The van der Waals surface area contributed by atoms with Gasteiger partial charge in [-0.25, -0.2) is 0 Å². The van der Waals surface area contributed by atoms with Gasteiger partial charge in [0.05, 0.1) is 6.54 Å². The van der Waals surface area contributed by atoms with Crippen molar-refractivity contribution in [1.29, 1.82) is 0 Å². The third-order valence-electron chi connectivity index (χ3n) is 7.06. The average Bonchev–Trinajstić information content (AvgIpc) is 3.24. The molecular formula is C30H42N4O3. The Morgan fingerprint density at radius 1 is 1.08 bits per heavy atom. The lowest BCUT2D eigenvalue weighted by atomic mass is 9.91. The Balaban J connectivity index is 0.00000156. The highest BCUT2D eigenvalue weighted by Gasteiger charge is 2.31. The van der Waals surface area contributed by atoms with Crippen molar-refractivity contribution in [2.45, 2.75) is 65.0 Å².